The minimum atomic E-state index is -0.0808. The first-order valence-corrected chi connectivity index (χ1v) is 4.70. The van der Waals surface area contributed by atoms with Gasteiger partial charge in [0, 0.05) is 33.4 Å². The molecule has 0 N–H and O–H groups in total. The summed E-state index contributed by atoms with van der Waals surface area (Å²) in [4.78, 5) is 4.06. The van der Waals surface area contributed by atoms with Crippen LogP contribution in [0.1, 0.15) is 5.82 Å². The molecule has 1 aliphatic heterocycles. The molecule has 1 aliphatic rings. The predicted octanol–water partition coefficient (Wildman–Crippen LogP) is 0.809. The number of hydrogen-bond acceptors (Lipinski definition) is 2. The summed E-state index contributed by atoms with van der Waals surface area (Å²) in [6, 6.07) is 0. The molecular weight excluding hydrogens is 229 g/mol. The SMILES string of the molecule is C1=NI=Cn2ccnc21. The number of nitrogens with zero attached hydrogens (tertiary/aromatic N) is 3. The van der Waals surface area contributed by atoms with Crippen molar-refractivity contribution < 1.29 is 0 Å². The quantitative estimate of drug-likeness (QED) is 0.610. The van der Waals surface area contributed by atoms with E-state index in [1.54, 1.807) is 6.20 Å². The van der Waals surface area contributed by atoms with Crippen molar-refractivity contribution in [2.24, 2.45) is 3.21 Å². The van der Waals surface area contributed by atoms with Crippen LogP contribution in [0.25, 0.3) is 0 Å². The average molecular weight is 233 g/mol. The average Bonchev–Trinajstić information content (AvgIpc) is 2.33. The van der Waals surface area contributed by atoms with Crippen LogP contribution in [-0.4, -0.2) is 19.9 Å². The largest absolute Gasteiger partial charge is 0.299 e. The molecule has 0 amide bonds. The monoisotopic (exact) mass is 233 g/mol. The highest BCUT2D eigenvalue weighted by Gasteiger charge is 1.97. The van der Waals surface area contributed by atoms with E-state index >= 15 is 0 Å². The Morgan fingerprint density at radius 3 is 3.44 bits per heavy atom. The fourth-order valence-corrected chi connectivity index (χ4v) is 1.94. The maximum absolute atomic E-state index is 4.14. The normalized spacial score (nSPS) is 14.7. The summed E-state index contributed by atoms with van der Waals surface area (Å²) in [6.07, 6.45) is 5.56. The van der Waals surface area contributed by atoms with E-state index in [1.807, 2.05) is 17.0 Å². The van der Waals surface area contributed by atoms with Gasteiger partial charge in [-0.3, -0.25) is 4.57 Å². The molecule has 0 aromatic carbocycles. The Morgan fingerprint density at radius 2 is 2.56 bits per heavy atom. The lowest BCUT2D eigenvalue weighted by atomic mass is 10.7. The molecule has 0 bridgehead atoms. The summed E-state index contributed by atoms with van der Waals surface area (Å²) in [5, 5.41) is 0. The Kier molecular flexibility index (Phi) is 1.18. The van der Waals surface area contributed by atoms with Crippen molar-refractivity contribution in [2.75, 3.05) is 0 Å². The van der Waals surface area contributed by atoms with E-state index in [1.165, 1.54) is 0 Å². The van der Waals surface area contributed by atoms with E-state index < -0.39 is 0 Å². The molecule has 0 spiro atoms. The topological polar surface area (TPSA) is 30.2 Å². The van der Waals surface area contributed by atoms with E-state index in [0.717, 1.165) is 5.82 Å². The third-order valence-electron chi connectivity index (χ3n) is 1.07. The third-order valence-corrected chi connectivity index (χ3v) is 2.52. The minimum absolute atomic E-state index is 0.0808. The van der Waals surface area contributed by atoms with E-state index in [2.05, 4.69) is 12.3 Å². The molecular formula is C5H4IN3. The lowest BCUT2D eigenvalue weighted by Crippen LogP contribution is -2.00. The number of imidazole rings is 1. The first-order valence-electron chi connectivity index (χ1n) is 2.49. The number of fused-ring (bicyclic) bond motifs is 1. The number of aromatic nitrogens is 2. The van der Waals surface area contributed by atoms with E-state index in [9.17, 15) is 0 Å². The molecule has 0 radical (unpaired) electrons. The van der Waals surface area contributed by atoms with Crippen molar-refractivity contribution >= 4 is 31.4 Å². The summed E-state index contributed by atoms with van der Waals surface area (Å²) in [6.45, 7) is 0. The van der Waals surface area contributed by atoms with Gasteiger partial charge in [0.15, 0.2) is 5.82 Å². The molecule has 0 saturated carbocycles. The highest BCUT2D eigenvalue weighted by molar-refractivity contribution is 14.2. The van der Waals surface area contributed by atoms with Crippen LogP contribution in [0.3, 0.4) is 0 Å². The van der Waals surface area contributed by atoms with Crippen LogP contribution in [0.4, 0.5) is 0 Å². The fourth-order valence-electron chi connectivity index (χ4n) is 0.651. The molecule has 1 aromatic heterocycles. The van der Waals surface area contributed by atoms with Crippen LogP contribution in [-0.2, 0) is 0 Å². The van der Waals surface area contributed by atoms with Gasteiger partial charge in [0.05, 0.1) is 10.4 Å². The van der Waals surface area contributed by atoms with Crippen molar-refractivity contribution in [1.82, 2.24) is 9.55 Å². The predicted molar refractivity (Wildman–Crippen MR) is 45.3 cm³/mol. The molecule has 0 aliphatic carbocycles. The van der Waals surface area contributed by atoms with Gasteiger partial charge in [-0.25, -0.2) is 8.19 Å². The summed E-state index contributed by atoms with van der Waals surface area (Å²) >= 11 is -0.0808. The Labute approximate surface area is 62.5 Å². The van der Waals surface area contributed by atoms with Crippen LogP contribution in [0.5, 0.6) is 0 Å². The van der Waals surface area contributed by atoms with Crippen LogP contribution in [0, 0.1) is 0 Å². The van der Waals surface area contributed by atoms with Crippen molar-refractivity contribution in [1.29, 1.82) is 0 Å². The minimum Gasteiger partial charge on any atom is -0.299 e. The van der Waals surface area contributed by atoms with Crippen molar-refractivity contribution in [3.8, 4) is 0 Å². The van der Waals surface area contributed by atoms with Gasteiger partial charge in [-0.15, -0.1) is 0 Å². The zero-order chi connectivity index (χ0) is 6.10. The fraction of sp³-hybridized carbons (Fsp3) is 0. The van der Waals surface area contributed by atoms with Gasteiger partial charge >= 0.3 is 0 Å². The summed E-state index contributed by atoms with van der Waals surface area (Å²) < 4.78 is 8.25. The lowest BCUT2D eigenvalue weighted by molar-refractivity contribution is 1.16. The highest BCUT2D eigenvalue weighted by Crippen LogP contribution is 2.04. The molecule has 2 rings (SSSR count). The Balaban J connectivity index is 2.68. The molecule has 0 fully saturated rings. The summed E-state index contributed by atoms with van der Waals surface area (Å²) in [7, 11) is 0. The van der Waals surface area contributed by atoms with Gasteiger partial charge in [0.2, 0.25) is 0 Å². The highest BCUT2D eigenvalue weighted by atomic mass is 127. The van der Waals surface area contributed by atoms with Gasteiger partial charge in [-0.2, -0.15) is 0 Å². The zero-order valence-electron chi connectivity index (χ0n) is 4.53. The van der Waals surface area contributed by atoms with Crippen LogP contribution < -0.4 is 0 Å². The molecule has 0 unspecified atom stereocenters. The second-order valence-corrected chi connectivity index (χ2v) is 3.29. The Morgan fingerprint density at radius 1 is 1.56 bits per heavy atom. The van der Waals surface area contributed by atoms with Crippen molar-refractivity contribution in [3.63, 3.8) is 0 Å². The maximum atomic E-state index is 4.14. The van der Waals surface area contributed by atoms with E-state index in [4.69, 9.17) is 0 Å². The second-order valence-electron chi connectivity index (χ2n) is 1.61. The standard InChI is InChI=1S/C5H4IN3/c1-2-9-4-6-8-3-5(9)7-1/h1-4H. The first kappa shape index (κ1) is 5.28. The zero-order valence-corrected chi connectivity index (χ0v) is 6.69. The van der Waals surface area contributed by atoms with E-state index in [-0.39, 0.29) is 21.0 Å². The van der Waals surface area contributed by atoms with Gasteiger partial charge in [-0.1, -0.05) is 0 Å². The molecule has 0 atom stereocenters. The molecule has 4 heteroatoms. The molecule has 3 nitrogen and oxygen atoms in total. The number of halogens is 1. The summed E-state index contributed by atoms with van der Waals surface area (Å²) in [5.41, 5.74) is 0. The number of rotatable bonds is 0. The maximum Gasteiger partial charge on any atom is 0.156 e. The Bertz CT molecular complexity index is 247. The van der Waals surface area contributed by atoms with Crippen molar-refractivity contribution in [3.05, 3.63) is 18.2 Å². The molecule has 0 saturated heterocycles. The van der Waals surface area contributed by atoms with Crippen LogP contribution in [0.15, 0.2) is 15.6 Å². The smallest absolute Gasteiger partial charge is 0.156 e. The van der Waals surface area contributed by atoms with Gasteiger partial charge in [0.25, 0.3) is 0 Å². The molecule has 46 valence electrons. The van der Waals surface area contributed by atoms with Crippen molar-refractivity contribution in [2.45, 2.75) is 0 Å². The molecule has 9 heavy (non-hydrogen) atoms. The molecule has 2 heterocycles. The third kappa shape index (κ3) is 0.827. The first-order chi connectivity index (χ1) is 4.47. The van der Waals surface area contributed by atoms with Gasteiger partial charge < -0.3 is 0 Å². The lowest BCUT2D eigenvalue weighted by Gasteiger charge is -1.96. The Hall–Kier alpha value is -0.520. The second kappa shape index (κ2) is 2.02. The van der Waals surface area contributed by atoms with Gasteiger partial charge in [0.1, 0.15) is 0 Å². The van der Waals surface area contributed by atoms with E-state index in [0.29, 0.717) is 0 Å². The molecule has 1 aromatic rings. The number of hydrogen-bond donors (Lipinski definition) is 0. The summed E-state index contributed by atoms with van der Waals surface area (Å²) in [5.74, 6) is 0.945. The van der Waals surface area contributed by atoms with Gasteiger partial charge in [-0.05, 0) is 0 Å². The van der Waals surface area contributed by atoms with Crippen LogP contribution in [0.2, 0.25) is 0 Å². The van der Waals surface area contributed by atoms with Crippen LogP contribution >= 0.6 is 21.0 Å².